The van der Waals surface area contributed by atoms with Gasteiger partial charge in [-0.05, 0) is 37.6 Å². The lowest BCUT2D eigenvalue weighted by Gasteiger charge is -2.23. The van der Waals surface area contributed by atoms with Crippen LogP contribution in [0.3, 0.4) is 0 Å². The fraction of sp³-hybridized carbons (Fsp3) is 0.333. The van der Waals surface area contributed by atoms with Crippen LogP contribution in [0.25, 0.3) is 0 Å². The Balaban J connectivity index is 1.87. The first-order valence-electron chi connectivity index (χ1n) is 6.80. The van der Waals surface area contributed by atoms with Gasteiger partial charge in [-0.3, -0.25) is 9.89 Å². The van der Waals surface area contributed by atoms with Crippen LogP contribution in [0.1, 0.15) is 23.0 Å². The summed E-state index contributed by atoms with van der Waals surface area (Å²) in [5.74, 6) is -0.122. The smallest absolute Gasteiger partial charge is 0.269 e. The number of nitrogens with zero attached hydrogens (tertiary/aromatic N) is 2. The quantitative estimate of drug-likeness (QED) is 0.845. The Kier molecular flexibility index (Phi) is 4.76. The molecule has 106 valence electrons. The summed E-state index contributed by atoms with van der Waals surface area (Å²) in [6.45, 7) is 6.47. The minimum atomic E-state index is -0.122. The van der Waals surface area contributed by atoms with E-state index >= 15 is 0 Å². The number of H-pyrrole nitrogens is 1. The topological polar surface area (TPSA) is 61.0 Å². The summed E-state index contributed by atoms with van der Waals surface area (Å²) in [6.07, 6.45) is 1.57. The first-order valence-corrected chi connectivity index (χ1v) is 6.80. The van der Waals surface area contributed by atoms with Crippen molar-refractivity contribution in [3.8, 4) is 0 Å². The van der Waals surface area contributed by atoms with Gasteiger partial charge in [0.1, 0.15) is 5.69 Å². The number of benzene rings is 1. The van der Waals surface area contributed by atoms with Gasteiger partial charge < -0.3 is 10.2 Å². The van der Waals surface area contributed by atoms with E-state index in [1.165, 1.54) is 11.3 Å². The Morgan fingerprint density at radius 2 is 2.25 bits per heavy atom. The molecule has 0 aliphatic rings. The minimum absolute atomic E-state index is 0.122. The molecule has 0 saturated carbocycles. The van der Waals surface area contributed by atoms with Crippen LogP contribution in [-0.2, 0) is 0 Å². The fourth-order valence-corrected chi connectivity index (χ4v) is 2.08. The number of amides is 1. The molecular formula is C15H20N4O. The SMILES string of the molecule is CCN(CCNC(=O)c1ccn[nH]1)c1cccc(C)c1. The number of hydrogen-bond acceptors (Lipinski definition) is 3. The van der Waals surface area contributed by atoms with Gasteiger partial charge >= 0.3 is 0 Å². The van der Waals surface area contributed by atoms with Crippen molar-refractivity contribution in [1.29, 1.82) is 0 Å². The number of carbonyl (C=O) groups is 1. The molecule has 0 radical (unpaired) electrons. The van der Waals surface area contributed by atoms with Gasteiger partial charge in [-0.1, -0.05) is 12.1 Å². The number of hydrogen-bond donors (Lipinski definition) is 2. The van der Waals surface area contributed by atoms with E-state index in [0.29, 0.717) is 12.2 Å². The fourth-order valence-electron chi connectivity index (χ4n) is 2.08. The molecule has 2 N–H and O–H groups in total. The monoisotopic (exact) mass is 272 g/mol. The molecule has 0 spiro atoms. The second-order valence-corrected chi connectivity index (χ2v) is 4.64. The van der Waals surface area contributed by atoms with Crippen LogP contribution in [0, 0.1) is 6.92 Å². The predicted molar refractivity (Wildman–Crippen MR) is 80.0 cm³/mol. The highest BCUT2D eigenvalue weighted by Gasteiger charge is 2.08. The summed E-state index contributed by atoms with van der Waals surface area (Å²) >= 11 is 0. The van der Waals surface area contributed by atoms with Crippen molar-refractivity contribution in [1.82, 2.24) is 15.5 Å². The van der Waals surface area contributed by atoms with Crippen LogP contribution in [-0.4, -0.2) is 35.7 Å². The van der Waals surface area contributed by atoms with Crippen molar-refractivity contribution in [2.75, 3.05) is 24.5 Å². The molecule has 5 heteroatoms. The molecule has 0 unspecified atom stereocenters. The standard InChI is InChI=1S/C15H20N4O/c1-3-19(13-6-4-5-12(2)11-13)10-9-16-15(20)14-7-8-17-18-14/h4-8,11H,3,9-10H2,1-2H3,(H,16,20)(H,17,18). The highest BCUT2D eigenvalue weighted by molar-refractivity contribution is 5.92. The molecule has 0 atom stereocenters. The Morgan fingerprint density at radius 3 is 2.90 bits per heavy atom. The molecule has 0 saturated heterocycles. The van der Waals surface area contributed by atoms with Gasteiger partial charge in [0.2, 0.25) is 0 Å². The zero-order valence-corrected chi connectivity index (χ0v) is 11.9. The van der Waals surface area contributed by atoms with Crippen LogP contribution >= 0.6 is 0 Å². The van der Waals surface area contributed by atoms with E-state index in [0.717, 1.165) is 13.1 Å². The first-order chi connectivity index (χ1) is 9.70. The van der Waals surface area contributed by atoms with Crippen molar-refractivity contribution < 1.29 is 4.79 Å². The number of anilines is 1. The normalized spacial score (nSPS) is 10.3. The van der Waals surface area contributed by atoms with Crippen LogP contribution in [0.2, 0.25) is 0 Å². The minimum Gasteiger partial charge on any atom is -0.370 e. The zero-order chi connectivity index (χ0) is 14.4. The van der Waals surface area contributed by atoms with Gasteiger partial charge in [0.05, 0.1) is 0 Å². The molecule has 0 bridgehead atoms. The molecule has 1 aromatic heterocycles. The van der Waals surface area contributed by atoms with Gasteiger partial charge in [-0.15, -0.1) is 0 Å². The summed E-state index contributed by atoms with van der Waals surface area (Å²) in [4.78, 5) is 14.0. The Bertz CT molecular complexity index is 551. The van der Waals surface area contributed by atoms with Crippen molar-refractivity contribution in [3.05, 3.63) is 47.8 Å². The molecule has 1 amide bonds. The second-order valence-electron chi connectivity index (χ2n) is 4.64. The molecule has 2 aromatic rings. The number of aromatic amines is 1. The number of rotatable bonds is 6. The van der Waals surface area contributed by atoms with Gasteiger partial charge in [0.15, 0.2) is 0 Å². The second kappa shape index (κ2) is 6.75. The lowest BCUT2D eigenvalue weighted by Crippen LogP contribution is -2.35. The third-order valence-electron chi connectivity index (χ3n) is 3.16. The molecule has 1 aromatic carbocycles. The summed E-state index contributed by atoms with van der Waals surface area (Å²) in [5, 5.41) is 9.30. The maximum Gasteiger partial charge on any atom is 0.269 e. The van der Waals surface area contributed by atoms with Gasteiger partial charge in [0, 0.05) is 31.5 Å². The molecule has 5 nitrogen and oxygen atoms in total. The van der Waals surface area contributed by atoms with Gasteiger partial charge in [0.25, 0.3) is 5.91 Å². The lowest BCUT2D eigenvalue weighted by molar-refractivity contribution is 0.0949. The summed E-state index contributed by atoms with van der Waals surface area (Å²) in [7, 11) is 0. The summed E-state index contributed by atoms with van der Waals surface area (Å²) in [5.41, 5.74) is 2.91. The van der Waals surface area contributed by atoms with E-state index < -0.39 is 0 Å². The van der Waals surface area contributed by atoms with E-state index in [1.807, 2.05) is 0 Å². The maximum absolute atomic E-state index is 11.8. The largest absolute Gasteiger partial charge is 0.370 e. The van der Waals surface area contributed by atoms with Crippen molar-refractivity contribution in [2.24, 2.45) is 0 Å². The molecule has 0 aliphatic heterocycles. The lowest BCUT2D eigenvalue weighted by atomic mass is 10.2. The van der Waals surface area contributed by atoms with Gasteiger partial charge in [-0.25, -0.2) is 0 Å². The van der Waals surface area contributed by atoms with E-state index in [9.17, 15) is 4.79 Å². The number of nitrogens with one attached hydrogen (secondary N) is 2. The summed E-state index contributed by atoms with van der Waals surface area (Å²) in [6, 6.07) is 10.0. The van der Waals surface area contributed by atoms with Crippen LogP contribution in [0.4, 0.5) is 5.69 Å². The predicted octanol–water partition coefficient (Wildman–Crippen LogP) is 1.97. The molecule has 1 heterocycles. The van der Waals surface area contributed by atoms with E-state index in [1.54, 1.807) is 12.3 Å². The third-order valence-corrected chi connectivity index (χ3v) is 3.16. The van der Waals surface area contributed by atoms with E-state index in [4.69, 9.17) is 0 Å². The molecule has 2 rings (SSSR count). The Hall–Kier alpha value is -2.30. The maximum atomic E-state index is 11.8. The number of likely N-dealkylation sites (N-methyl/N-ethyl adjacent to an activating group) is 1. The van der Waals surface area contributed by atoms with Crippen LogP contribution in [0.5, 0.6) is 0 Å². The highest BCUT2D eigenvalue weighted by Crippen LogP contribution is 2.14. The molecule has 20 heavy (non-hydrogen) atoms. The van der Waals surface area contributed by atoms with E-state index in [2.05, 4.69) is 58.5 Å². The van der Waals surface area contributed by atoms with Gasteiger partial charge in [-0.2, -0.15) is 5.10 Å². The molecule has 0 fully saturated rings. The number of aromatic nitrogens is 2. The Morgan fingerprint density at radius 1 is 1.40 bits per heavy atom. The van der Waals surface area contributed by atoms with E-state index in [-0.39, 0.29) is 5.91 Å². The first kappa shape index (κ1) is 14.1. The summed E-state index contributed by atoms with van der Waals surface area (Å²) < 4.78 is 0. The zero-order valence-electron chi connectivity index (χ0n) is 11.9. The van der Waals surface area contributed by atoms with Crippen molar-refractivity contribution in [3.63, 3.8) is 0 Å². The van der Waals surface area contributed by atoms with Crippen molar-refractivity contribution in [2.45, 2.75) is 13.8 Å². The number of carbonyl (C=O) groups excluding carboxylic acids is 1. The molecular weight excluding hydrogens is 252 g/mol. The highest BCUT2D eigenvalue weighted by atomic mass is 16.1. The molecule has 0 aliphatic carbocycles. The Labute approximate surface area is 119 Å². The average Bonchev–Trinajstić information content (AvgIpc) is 2.97. The number of aryl methyl sites for hydroxylation is 1. The van der Waals surface area contributed by atoms with Crippen LogP contribution < -0.4 is 10.2 Å². The van der Waals surface area contributed by atoms with Crippen LogP contribution in [0.15, 0.2) is 36.5 Å². The average molecular weight is 272 g/mol. The van der Waals surface area contributed by atoms with Crippen molar-refractivity contribution >= 4 is 11.6 Å². The third kappa shape index (κ3) is 3.60.